The molecule has 706 valence electrons. The topological polar surface area (TPSA) is 110 Å². The van der Waals surface area contributed by atoms with Crippen LogP contribution < -0.4 is 41.5 Å². The number of hydrogen-bond acceptors (Lipinski definition) is 7. The molecule has 0 bridgehead atoms. The van der Waals surface area contributed by atoms with Gasteiger partial charge in [-0.3, -0.25) is 0 Å². The summed E-state index contributed by atoms with van der Waals surface area (Å²) in [5, 5.41) is 16.4. The van der Waals surface area contributed by atoms with Crippen LogP contribution >= 0.6 is 14.3 Å². The maximum atomic E-state index is 15.2. The molecule has 0 saturated heterocycles. The van der Waals surface area contributed by atoms with E-state index in [4.69, 9.17) is 19.7 Å². The summed E-state index contributed by atoms with van der Waals surface area (Å²) in [6.07, 6.45) is 0. The Morgan fingerprint density at radius 3 is 0.597 bits per heavy atom. The molecule has 0 N–H and O–H groups in total. The largest absolute Gasteiger partial charge is 0.456 e. The minimum atomic E-state index is -3.32. The van der Waals surface area contributed by atoms with E-state index in [-0.39, 0.29) is 0 Å². The van der Waals surface area contributed by atoms with Gasteiger partial charge < -0.3 is 41.6 Å². The zero-order valence-corrected chi connectivity index (χ0v) is 82.6. The second-order valence-corrected chi connectivity index (χ2v) is 42.6. The van der Waals surface area contributed by atoms with Gasteiger partial charge in [-0.1, -0.05) is 388 Å². The summed E-state index contributed by atoms with van der Waals surface area (Å²) in [4.78, 5) is 17.6. The molecule has 14 heteroatoms. The summed E-state index contributed by atoms with van der Waals surface area (Å²) in [6, 6.07) is 194. The molecule has 0 amide bonds. The molecule has 0 aliphatic rings. The molecule has 149 heavy (non-hydrogen) atoms. The molecule has 0 radical (unpaired) electrons. The van der Waals surface area contributed by atoms with Crippen molar-refractivity contribution in [3.05, 3.63) is 564 Å². The molecule has 22 aromatic carbocycles. The van der Waals surface area contributed by atoms with Crippen molar-refractivity contribution in [2.45, 2.75) is 0 Å². The summed E-state index contributed by atoms with van der Waals surface area (Å²) in [6.45, 7) is 0. The van der Waals surface area contributed by atoms with Gasteiger partial charge >= 0.3 is 0 Å². The molecule has 0 atom stereocenters. The Balaban J connectivity index is 0.000000115. The second kappa shape index (κ2) is 38.5. The monoisotopic (exact) mass is 1950 g/mol. The first-order valence-electron chi connectivity index (χ1n) is 50.1. The molecular formula is C135H93N9O3P2. The van der Waals surface area contributed by atoms with Crippen molar-refractivity contribution in [1.82, 2.24) is 37.8 Å². The molecule has 0 unspecified atom stereocenters. The molecule has 6 heterocycles. The first-order chi connectivity index (χ1) is 73.7. The molecule has 0 aliphatic carbocycles. The molecule has 0 saturated carbocycles. The van der Waals surface area contributed by atoms with Crippen LogP contribution in [0.25, 0.3) is 172 Å². The van der Waals surface area contributed by atoms with Crippen molar-refractivity contribution in [3.63, 3.8) is 0 Å². The Labute approximate surface area is 860 Å². The third-order valence-corrected chi connectivity index (χ3v) is 34.7. The first kappa shape index (κ1) is 90.0. The van der Waals surface area contributed by atoms with Crippen LogP contribution in [0.1, 0.15) is 0 Å². The van der Waals surface area contributed by atoms with Gasteiger partial charge in [0.15, 0.2) is 31.8 Å². The maximum Gasteiger partial charge on any atom is 0.174 e. The molecule has 0 spiro atoms. The Morgan fingerprint density at radius 2 is 0.362 bits per heavy atom. The highest BCUT2D eigenvalue weighted by molar-refractivity contribution is 7.86. The third-order valence-electron chi connectivity index (χ3n) is 28.5. The zero-order chi connectivity index (χ0) is 99.3. The SMILES string of the molecule is O=P(c1ccccc1)(c1ccccc1)c1ccccc1Oc1ccccc1P(=O)(c1ccccc1)c1ccccc1.c1ccc(-c2nc(-c3ccccc3)nc(-c3cc(-n4c5ccccc5c5ccccc54)cc(-n4c5ccccc5c5ccccc54)c3)n2)cc1.c1ccc2c(c1)c1ccccc1n2-c1ccc(N(c2ccc(-n3c4ccccc4c4ccccc43)cc2)c2ccc(-n3c4ccccc4c4ccccc43)cc2)cc1. The quantitative estimate of drug-likeness (QED) is 0.0742. The average molecular weight is 1950 g/mol. The van der Waals surface area contributed by atoms with E-state index < -0.39 is 14.3 Å². The summed E-state index contributed by atoms with van der Waals surface area (Å²) >= 11 is 0. The van der Waals surface area contributed by atoms with Gasteiger partial charge in [-0.05, 0) is 176 Å². The lowest BCUT2D eigenvalue weighted by atomic mass is 10.1. The number of fused-ring (bicyclic) bond motifs is 15. The summed E-state index contributed by atoms with van der Waals surface area (Å²) in [5.74, 6) is 2.81. The fraction of sp³-hybridized carbons (Fsp3) is 0. The van der Waals surface area contributed by atoms with Crippen LogP contribution in [0.4, 0.5) is 17.1 Å². The normalized spacial score (nSPS) is 11.7. The smallest absolute Gasteiger partial charge is 0.174 e. The fourth-order valence-electron chi connectivity index (χ4n) is 21.8. The molecule has 0 fully saturated rings. The standard InChI is InChI=1S/C54H36N4.C45H29N5.C36H28O3P2/c1-7-19-49-43(13-1)44-14-2-8-20-50(44)56(49)40-31-25-37(26-32-40)55(38-27-33-41(34-28-38)57-51-21-9-3-15-45(51)46-16-4-10-22-52(46)57)39-29-35-42(36-30-39)58-53-23-11-5-17-47(53)48-18-6-12-24-54(48)58;1-3-15-30(16-4-1)43-46-44(31-17-5-2-6-18-31)48-45(47-43)32-27-33(49-39-23-11-7-19-35(39)36-20-8-12-24-40(36)49)29-34(28-32)50-41-25-13-9-21-37(41)38-22-10-14-26-42(38)50;37-40(29-17-5-1-6-18-29,30-19-7-2-8-20-30)35-27-15-13-25-33(35)39-34-26-14-16-28-36(34)41(38,31-21-9-3-10-22-31)32-23-11-4-12-24-32/h1-36H;1-29H;1-28H. The summed E-state index contributed by atoms with van der Waals surface area (Å²) in [5.41, 5.74) is 23.3. The van der Waals surface area contributed by atoms with Crippen molar-refractivity contribution in [3.8, 4) is 74.1 Å². The van der Waals surface area contributed by atoms with Gasteiger partial charge in [0.2, 0.25) is 0 Å². The molecule has 0 aliphatic heterocycles. The summed E-state index contributed by atoms with van der Waals surface area (Å²) in [7, 11) is -6.63. The number of para-hydroxylation sites is 12. The van der Waals surface area contributed by atoms with E-state index in [2.05, 4.69) is 361 Å². The number of aromatic nitrogens is 8. The molecule has 28 aromatic rings. The van der Waals surface area contributed by atoms with Gasteiger partial charge in [-0.15, -0.1) is 0 Å². The Hall–Kier alpha value is -19.1. The average Bonchev–Trinajstić information content (AvgIpc) is 1.63. The minimum absolute atomic E-state index is 0.462. The van der Waals surface area contributed by atoms with Crippen molar-refractivity contribution >= 4 is 172 Å². The number of benzene rings is 22. The first-order valence-corrected chi connectivity index (χ1v) is 53.5. The van der Waals surface area contributed by atoms with E-state index >= 15 is 9.13 Å². The molecular weight excluding hydrogens is 1860 g/mol. The zero-order valence-electron chi connectivity index (χ0n) is 80.8. The van der Waals surface area contributed by atoms with E-state index in [0.717, 1.165) is 105 Å². The van der Waals surface area contributed by atoms with E-state index in [1.807, 2.05) is 231 Å². The molecule has 12 nitrogen and oxygen atoms in total. The predicted molar refractivity (Wildman–Crippen MR) is 621 cm³/mol. The Bertz CT molecular complexity index is 8960. The van der Waals surface area contributed by atoms with Crippen LogP contribution in [0.5, 0.6) is 11.5 Å². The minimum Gasteiger partial charge on any atom is -0.456 e. The van der Waals surface area contributed by atoms with Crippen LogP contribution in [0.3, 0.4) is 0 Å². The van der Waals surface area contributed by atoms with Crippen LogP contribution in [0, 0.1) is 0 Å². The van der Waals surface area contributed by atoms with Gasteiger partial charge in [0.1, 0.15) is 11.5 Å². The van der Waals surface area contributed by atoms with Crippen molar-refractivity contribution in [2.24, 2.45) is 0 Å². The lowest BCUT2D eigenvalue weighted by molar-refractivity contribution is 0.489. The van der Waals surface area contributed by atoms with Crippen LogP contribution in [0.15, 0.2) is 564 Å². The highest BCUT2D eigenvalue weighted by atomic mass is 31.2. The number of ether oxygens (including phenoxy) is 1. The predicted octanol–water partition coefficient (Wildman–Crippen LogP) is 32.3. The number of hydrogen-bond donors (Lipinski definition) is 0. The Morgan fingerprint density at radius 1 is 0.174 bits per heavy atom. The van der Waals surface area contributed by atoms with Gasteiger partial charge in [-0.2, -0.15) is 0 Å². The van der Waals surface area contributed by atoms with Crippen LogP contribution in [0.2, 0.25) is 0 Å². The maximum absolute atomic E-state index is 15.2. The van der Waals surface area contributed by atoms with E-state index in [0.29, 0.717) is 39.6 Å². The lowest BCUT2D eigenvalue weighted by Gasteiger charge is -2.26. The van der Waals surface area contributed by atoms with Crippen molar-refractivity contribution in [2.75, 3.05) is 4.90 Å². The lowest BCUT2D eigenvalue weighted by Crippen LogP contribution is -2.27. The van der Waals surface area contributed by atoms with Gasteiger partial charge in [0.05, 0.1) is 65.8 Å². The van der Waals surface area contributed by atoms with E-state index in [1.54, 1.807) is 0 Å². The number of nitrogens with zero attached hydrogens (tertiary/aromatic N) is 9. The van der Waals surface area contributed by atoms with Crippen molar-refractivity contribution < 1.29 is 13.9 Å². The van der Waals surface area contributed by atoms with Gasteiger partial charge in [0, 0.05) is 137 Å². The highest BCUT2D eigenvalue weighted by Crippen LogP contribution is 2.51. The highest BCUT2D eigenvalue weighted by Gasteiger charge is 2.37. The van der Waals surface area contributed by atoms with Crippen LogP contribution in [-0.2, 0) is 9.13 Å². The molecule has 28 rings (SSSR count). The Kier molecular flexibility index (Phi) is 23.3. The van der Waals surface area contributed by atoms with Crippen molar-refractivity contribution in [1.29, 1.82) is 0 Å². The number of anilines is 3. The van der Waals surface area contributed by atoms with E-state index in [9.17, 15) is 0 Å². The fourth-order valence-corrected chi connectivity index (χ4v) is 27.3. The summed E-state index contributed by atoms with van der Waals surface area (Å²) < 4.78 is 49.0. The van der Waals surface area contributed by atoms with Gasteiger partial charge in [0.25, 0.3) is 0 Å². The van der Waals surface area contributed by atoms with E-state index in [1.165, 1.54) is 87.0 Å². The van der Waals surface area contributed by atoms with Gasteiger partial charge in [-0.25, -0.2) is 15.0 Å². The number of rotatable bonds is 19. The second-order valence-electron chi connectivity index (χ2n) is 37.1. The molecule has 6 aromatic heterocycles. The third kappa shape index (κ3) is 16.1. The van der Waals surface area contributed by atoms with Crippen LogP contribution in [-0.4, -0.2) is 37.8 Å².